The lowest BCUT2D eigenvalue weighted by atomic mass is 10.1. The molecule has 0 fully saturated rings. The van der Waals surface area contributed by atoms with Crippen LogP contribution >= 0.6 is 0 Å². The highest BCUT2D eigenvalue weighted by Gasteiger charge is 2.14. The molecule has 0 saturated carbocycles. The topological polar surface area (TPSA) is 85.1 Å². The third kappa shape index (κ3) is 5.56. The van der Waals surface area contributed by atoms with Gasteiger partial charge in [-0.15, -0.1) is 0 Å². The molecule has 0 bridgehead atoms. The van der Waals surface area contributed by atoms with E-state index >= 15 is 0 Å². The second kappa shape index (κ2) is 8.73. The summed E-state index contributed by atoms with van der Waals surface area (Å²) >= 11 is 0. The summed E-state index contributed by atoms with van der Waals surface area (Å²) in [5, 5.41) is 6.63. The van der Waals surface area contributed by atoms with Crippen LogP contribution in [0.15, 0.2) is 28.8 Å². The highest BCUT2D eigenvalue weighted by atomic mass is 32.2. The molecule has 0 aliphatic heterocycles. The number of nitrogens with one attached hydrogen (secondary N) is 1. The molecule has 0 unspecified atom stereocenters. The van der Waals surface area contributed by atoms with Crippen molar-refractivity contribution < 1.29 is 13.5 Å². The van der Waals surface area contributed by atoms with Gasteiger partial charge in [0.05, 0.1) is 5.75 Å². The van der Waals surface area contributed by atoms with E-state index in [0.29, 0.717) is 24.1 Å². The van der Waals surface area contributed by atoms with Gasteiger partial charge in [0.2, 0.25) is 11.8 Å². The van der Waals surface area contributed by atoms with Crippen LogP contribution in [-0.4, -0.2) is 26.0 Å². The maximum atomic E-state index is 12.1. The number of nitrogens with zero attached hydrogens (tertiary/aromatic N) is 2. The molecule has 1 N–H and O–H groups in total. The lowest BCUT2D eigenvalue weighted by Gasteiger charge is -2.09. The van der Waals surface area contributed by atoms with Gasteiger partial charge in [-0.2, -0.15) is 4.98 Å². The van der Waals surface area contributed by atoms with Crippen molar-refractivity contribution in [3.8, 4) is 0 Å². The number of aryl methyl sites for hydroxylation is 1. The summed E-state index contributed by atoms with van der Waals surface area (Å²) in [7, 11) is -1.38. The molecule has 1 atom stereocenters. The fourth-order valence-electron chi connectivity index (χ4n) is 2.26. The monoisotopic (exact) mass is 349 g/mol. The number of anilines is 1. The Morgan fingerprint density at radius 3 is 2.79 bits per heavy atom. The highest BCUT2D eigenvalue weighted by molar-refractivity contribution is 7.84. The Hall–Kier alpha value is -2.02. The SMILES string of the molecule is CCc1ccccc1NC(=O)C[S@@](=O)Cc1noc(CC(C)C)n1. The van der Waals surface area contributed by atoms with E-state index in [1.54, 1.807) is 0 Å². The Morgan fingerprint density at radius 2 is 2.08 bits per heavy atom. The third-order valence-electron chi connectivity index (χ3n) is 3.35. The summed E-state index contributed by atoms with van der Waals surface area (Å²) in [4.78, 5) is 16.3. The molecule has 6 nitrogen and oxygen atoms in total. The Labute approximate surface area is 144 Å². The van der Waals surface area contributed by atoms with E-state index < -0.39 is 10.8 Å². The molecule has 0 spiro atoms. The fraction of sp³-hybridized carbons (Fsp3) is 0.471. The third-order valence-corrected chi connectivity index (χ3v) is 4.51. The van der Waals surface area contributed by atoms with Gasteiger partial charge in [-0.05, 0) is 24.0 Å². The Kier molecular flexibility index (Phi) is 6.66. The number of rotatable bonds is 8. The van der Waals surface area contributed by atoms with Gasteiger partial charge in [0.25, 0.3) is 0 Å². The van der Waals surface area contributed by atoms with E-state index in [1.165, 1.54) is 0 Å². The summed E-state index contributed by atoms with van der Waals surface area (Å²) in [6.07, 6.45) is 1.51. The first-order valence-corrected chi connectivity index (χ1v) is 9.51. The Morgan fingerprint density at radius 1 is 1.33 bits per heavy atom. The zero-order chi connectivity index (χ0) is 17.5. The zero-order valence-corrected chi connectivity index (χ0v) is 15.1. The Balaban J connectivity index is 1.87. The molecule has 2 aromatic rings. The number of benzene rings is 1. The highest BCUT2D eigenvalue weighted by Crippen LogP contribution is 2.15. The summed E-state index contributed by atoms with van der Waals surface area (Å²) in [6.45, 7) is 6.13. The van der Waals surface area contributed by atoms with Crippen LogP contribution in [0.1, 0.15) is 38.0 Å². The minimum absolute atomic E-state index is 0.0912. The molecule has 0 radical (unpaired) electrons. The van der Waals surface area contributed by atoms with Crippen molar-refractivity contribution in [2.45, 2.75) is 39.4 Å². The first kappa shape index (κ1) is 18.3. The first-order valence-electron chi connectivity index (χ1n) is 8.02. The minimum Gasteiger partial charge on any atom is -0.339 e. The number of para-hydroxylation sites is 1. The number of hydrogen-bond donors (Lipinski definition) is 1. The van der Waals surface area contributed by atoms with Crippen LogP contribution < -0.4 is 5.32 Å². The molecule has 7 heteroatoms. The maximum Gasteiger partial charge on any atom is 0.237 e. The van der Waals surface area contributed by atoms with Crippen molar-refractivity contribution in [3.05, 3.63) is 41.5 Å². The first-order chi connectivity index (χ1) is 11.5. The van der Waals surface area contributed by atoms with Crippen LogP contribution in [0.4, 0.5) is 5.69 Å². The molecular weight excluding hydrogens is 326 g/mol. The molecule has 1 aromatic heterocycles. The van der Waals surface area contributed by atoms with Gasteiger partial charge in [-0.25, -0.2) is 0 Å². The second-order valence-electron chi connectivity index (χ2n) is 5.99. The zero-order valence-electron chi connectivity index (χ0n) is 14.2. The van der Waals surface area contributed by atoms with Crippen LogP contribution in [0.5, 0.6) is 0 Å². The van der Waals surface area contributed by atoms with Crippen LogP contribution in [0.2, 0.25) is 0 Å². The molecule has 0 aliphatic rings. The molecule has 2 rings (SSSR count). The summed E-state index contributed by atoms with van der Waals surface area (Å²) in [6, 6.07) is 7.60. The number of carbonyl (C=O) groups is 1. The van der Waals surface area contributed by atoms with Crippen molar-refractivity contribution in [2.24, 2.45) is 5.92 Å². The van der Waals surface area contributed by atoms with Gasteiger partial charge in [0, 0.05) is 22.9 Å². The van der Waals surface area contributed by atoms with Gasteiger partial charge in [-0.1, -0.05) is 44.1 Å². The molecular formula is C17H23N3O3S. The maximum absolute atomic E-state index is 12.1. The van der Waals surface area contributed by atoms with E-state index in [4.69, 9.17) is 4.52 Å². The summed E-state index contributed by atoms with van der Waals surface area (Å²) < 4.78 is 17.2. The standard InChI is InChI=1S/C17H23N3O3S/c1-4-13-7-5-6-8-14(13)18-16(21)11-24(22)10-15-19-17(23-20-15)9-12(2)3/h5-8,12H,4,9-11H2,1-3H3,(H,18,21)/t24-/m0/s1. The van der Waals surface area contributed by atoms with E-state index in [-0.39, 0.29) is 17.4 Å². The van der Waals surface area contributed by atoms with E-state index in [9.17, 15) is 9.00 Å². The molecule has 0 saturated heterocycles. The van der Waals surface area contributed by atoms with E-state index in [2.05, 4.69) is 29.3 Å². The van der Waals surface area contributed by atoms with Crippen molar-refractivity contribution in [3.63, 3.8) is 0 Å². The number of carbonyl (C=O) groups excluding carboxylic acids is 1. The van der Waals surface area contributed by atoms with Crippen LogP contribution in [0.25, 0.3) is 0 Å². The van der Waals surface area contributed by atoms with Crippen LogP contribution in [0, 0.1) is 5.92 Å². The van der Waals surface area contributed by atoms with Crippen molar-refractivity contribution in [2.75, 3.05) is 11.1 Å². The minimum atomic E-state index is -1.38. The van der Waals surface area contributed by atoms with Gasteiger partial charge >= 0.3 is 0 Å². The van der Waals surface area contributed by atoms with Crippen LogP contribution in [0.3, 0.4) is 0 Å². The van der Waals surface area contributed by atoms with Gasteiger partial charge in [0.15, 0.2) is 5.82 Å². The molecule has 1 heterocycles. The van der Waals surface area contributed by atoms with Crippen LogP contribution in [-0.2, 0) is 34.2 Å². The molecule has 0 aliphatic carbocycles. The van der Waals surface area contributed by atoms with E-state index in [0.717, 1.165) is 17.7 Å². The largest absolute Gasteiger partial charge is 0.339 e. The summed E-state index contributed by atoms with van der Waals surface area (Å²) in [5.74, 6) is 1.08. The van der Waals surface area contributed by atoms with Crippen molar-refractivity contribution in [1.29, 1.82) is 0 Å². The number of amides is 1. The lowest BCUT2D eigenvalue weighted by molar-refractivity contribution is -0.113. The molecule has 1 aromatic carbocycles. The van der Waals surface area contributed by atoms with Gasteiger partial charge in [-0.3, -0.25) is 9.00 Å². The van der Waals surface area contributed by atoms with Crippen molar-refractivity contribution >= 4 is 22.4 Å². The van der Waals surface area contributed by atoms with Crippen molar-refractivity contribution in [1.82, 2.24) is 10.1 Å². The molecule has 130 valence electrons. The average molecular weight is 349 g/mol. The van der Waals surface area contributed by atoms with Gasteiger partial charge < -0.3 is 9.84 Å². The predicted octanol–water partition coefficient (Wildman–Crippen LogP) is 2.72. The van der Waals surface area contributed by atoms with Gasteiger partial charge in [0.1, 0.15) is 5.75 Å². The fourth-order valence-corrected chi connectivity index (χ4v) is 3.13. The summed E-state index contributed by atoms with van der Waals surface area (Å²) in [5.41, 5.74) is 1.81. The number of hydrogen-bond acceptors (Lipinski definition) is 5. The van der Waals surface area contributed by atoms with E-state index in [1.807, 2.05) is 31.2 Å². The molecule has 24 heavy (non-hydrogen) atoms. The normalized spacial score (nSPS) is 12.3. The lowest BCUT2D eigenvalue weighted by Crippen LogP contribution is -2.21. The quantitative estimate of drug-likeness (QED) is 0.792. The predicted molar refractivity (Wildman–Crippen MR) is 94.0 cm³/mol. The smallest absolute Gasteiger partial charge is 0.237 e. The molecule has 1 amide bonds. The average Bonchev–Trinajstić information content (AvgIpc) is 2.93. The number of aromatic nitrogens is 2. The second-order valence-corrected chi connectivity index (χ2v) is 7.45. The Bertz CT molecular complexity index is 713.